The third kappa shape index (κ3) is 4.88. The van der Waals surface area contributed by atoms with Crippen molar-refractivity contribution in [1.82, 2.24) is 19.7 Å². The van der Waals surface area contributed by atoms with Gasteiger partial charge in [-0.25, -0.2) is 9.97 Å². The van der Waals surface area contributed by atoms with Crippen LogP contribution >= 0.6 is 23.2 Å². The summed E-state index contributed by atoms with van der Waals surface area (Å²) in [5.41, 5.74) is 1.52. The highest BCUT2D eigenvalue weighted by atomic mass is 35.5. The number of hydrogen-bond acceptors (Lipinski definition) is 4. The first kappa shape index (κ1) is 20.3. The molecule has 28 heavy (non-hydrogen) atoms. The highest BCUT2D eigenvalue weighted by molar-refractivity contribution is 6.35. The van der Waals surface area contributed by atoms with Crippen molar-refractivity contribution in [2.75, 3.05) is 5.32 Å². The van der Waals surface area contributed by atoms with Crippen molar-refractivity contribution >= 4 is 34.9 Å². The van der Waals surface area contributed by atoms with Crippen LogP contribution in [-0.4, -0.2) is 25.7 Å². The fourth-order valence-corrected chi connectivity index (χ4v) is 3.07. The molecule has 0 spiro atoms. The van der Waals surface area contributed by atoms with E-state index in [1.54, 1.807) is 35.3 Å². The van der Waals surface area contributed by atoms with Crippen molar-refractivity contribution in [3.05, 3.63) is 64.0 Å². The second-order valence-corrected chi connectivity index (χ2v) is 8.25. The molecule has 1 amide bonds. The van der Waals surface area contributed by atoms with Crippen LogP contribution in [0.1, 0.15) is 38.4 Å². The number of carbonyl (C=O) groups excluding carboxylic acids is 1. The molecule has 2 aromatic heterocycles. The number of aryl methyl sites for hydroxylation is 1. The van der Waals surface area contributed by atoms with E-state index in [1.807, 2.05) is 12.1 Å². The van der Waals surface area contributed by atoms with E-state index in [-0.39, 0.29) is 17.7 Å². The third-order valence-corrected chi connectivity index (χ3v) is 4.71. The summed E-state index contributed by atoms with van der Waals surface area (Å²) in [6.07, 6.45) is 4.04. The van der Waals surface area contributed by atoms with Gasteiger partial charge in [-0.3, -0.25) is 4.79 Å². The molecule has 0 aliphatic carbocycles. The van der Waals surface area contributed by atoms with Crippen molar-refractivity contribution in [3.8, 4) is 5.95 Å². The van der Waals surface area contributed by atoms with E-state index >= 15 is 0 Å². The predicted octanol–water partition coefficient (Wildman–Crippen LogP) is 4.84. The summed E-state index contributed by atoms with van der Waals surface area (Å²) in [4.78, 5) is 21.0. The number of rotatable bonds is 5. The van der Waals surface area contributed by atoms with Gasteiger partial charge in [0.2, 0.25) is 5.91 Å². The standard InChI is InChI=1S/C20H21Cl2N5O/c1-20(2,3)16-12-17(27(26-16)19-23-9-4-10-24-19)25-18(28)8-6-13-5-7-14(21)11-15(13)22/h4-5,7,9-12H,6,8H2,1-3H3,(H,25,28). The molecule has 0 fully saturated rings. The number of nitrogens with one attached hydrogen (secondary N) is 1. The molecular formula is C20H21Cl2N5O. The van der Waals surface area contributed by atoms with Gasteiger partial charge in [0.15, 0.2) is 0 Å². The van der Waals surface area contributed by atoms with E-state index < -0.39 is 0 Å². The first-order valence-electron chi connectivity index (χ1n) is 8.86. The quantitative estimate of drug-likeness (QED) is 0.644. The number of carbonyl (C=O) groups is 1. The molecule has 0 saturated carbocycles. The number of amides is 1. The molecule has 0 aliphatic heterocycles. The first-order valence-corrected chi connectivity index (χ1v) is 9.61. The first-order chi connectivity index (χ1) is 13.2. The Morgan fingerprint density at radius 1 is 1.14 bits per heavy atom. The summed E-state index contributed by atoms with van der Waals surface area (Å²) in [6, 6.07) is 8.85. The molecule has 0 unspecified atom stereocenters. The smallest absolute Gasteiger partial charge is 0.252 e. The van der Waals surface area contributed by atoms with Crippen molar-refractivity contribution in [1.29, 1.82) is 0 Å². The van der Waals surface area contributed by atoms with Crippen LogP contribution < -0.4 is 5.32 Å². The van der Waals surface area contributed by atoms with Crippen molar-refractivity contribution in [3.63, 3.8) is 0 Å². The van der Waals surface area contributed by atoms with E-state index in [0.29, 0.717) is 28.2 Å². The Kier molecular flexibility index (Phi) is 6.01. The van der Waals surface area contributed by atoms with Crippen LogP contribution in [0, 0.1) is 0 Å². The normalized spacial score (nSPS) is 11.5. The Balaban J connectivity index is 1.78. The molecule has 0 atom stereocenters. The van der Waals surface area contributed by atoms with Crippen LogP contribution in [0.15, 0.2) is 42.7 Å². The van der Waals surface area contributed by atoms with Crippen LogP contribution in [-0.2, 0) is 16.6 Å². The van der Waals surface area contributed by atoms with E-state index in [2.05, 4.69) is 41.2 Å². The van der Waals surface area contributed by atoms with E-state index in [1.165, 1.54) is 0 Å². The SMILES string of the molecule is CC(C)(C)c1cc(NC(=O)CCc2ccc(Cl)cc2Cl)n(-c2ncccn2)n1. The number of nitrogens with zero attached hydrogens (tertiary/aromatic N) is 4. The fraction of sp³-hybridized carbons (Fsp3) is 0.300. The minimum absolute atomic E-state index is 0.149. The maximum Gasteiger partial charge on any atom is 0.252 e. The third-order valence-electron chi connectivity index (χ3n) is 4.12. The molecule has 0 radical (unpaired) electrons. The number of halogens is 2. The van der Waals surface area contributed by atoms with Gasteiger partial charge in [-0.05, 0) is 30.2 Å². The molecule has 8 heteroatoms. The molecule has 0 bridgehead atoms. The van der Waals surface area contributed by atoms with Crippen molar-refractivity contribution in [2.24, 2.45) is 0 Å². The van der Waals surface area contributed by atoms with Crippen LogP contribution in [0.4, 0.5) is 5.82 Å². The Bertz CT molecular complexity index is 980. The van der Waals surface area contributed by atoms with Gasteiger partial charge in [-0.15, -0.1) is 0 Å². The van der Waals surface area contributed by atoms with Crippen LogP contribution in [0.25, 0.3) is 5.95 Å². The molecule has 0 saturated heterocycles. The lowest BCUT2D eigenvalue weighted by Gasteiger charge is -2.13. The second kappa shape index (κ2) is 8.29. The van der Waals surface area contributed by atoms with Crippen molar-refractivity contribution < 1.29 is 4.79 Å². The lowest BCUT2D eigenvalue weighted by Crippen LogP contribution is -2.16. The maximum atomic E-state index is 12.5. The zero-order valence-corrected chi connectivity index (χ0v) is 17.4. The Labute approximate surface area is 173 Å². The Morgan fingerprint density at radius 3 is 2.50 bits per heavy atom. The monoisotopic (exact) mass is 417 g/mol. The molecule has 0 aliphatic rings. The van der Waals surface area contributed by atoms with Gasteiger partial charge < -0.3 is 5.32 Å². The van der Waals surface area contributed by atoms with Gasteiger partial charge in [-0.2, -0.15) is 9.78 Å². The maximum absolute atomic E-state index is 12.5. The Hall–Kier alpha value is -2.44. The average Bonchev–Trinajstić information content (AvgIpc) is 3.06. The highest BCUT2D eigenvalue weighted by Gasteiger charge is 2.22. The van der Waals surface area contributed by atoms with Gasteiger partial charge in [0.1, 0.15) is 5.82 Å². The number of benzene rings is 1. The number of aromatic nitrogens is 4. The minimum atomic E-state index is -0.184. The molecule has 3 rings (SSSR count). The molecule has 1 aromatic carbocycles. The zero-order chi connectivity index (χ0) is 20.3. The second-order valence-electron chi connectivity index (χ2n) is 7.41. The van der Waals surface area contributed by atoms with Gasteiger partial charge in [0.05, 0.1) is 5.69 Å². The topological polar surface area (TPSA) is 72.7 Å². The summed E-state index contributed by atoms with van der Waals surface area (Å²) >= 11 is 12.1. The summed E-state index contributed by atoms with van der Waals surface area (Å²) in [5, 5.41) is 8.63. The van der Waals surface area contributed by atoms with E-state index in [0.717, 1.165) is 11.3 Å². The summed E-state index contributed by atoms with van der Waals surface area (Å²) in [5.74, 6) is 0.779. The summed E-state index contributed by atoms with van der Waals surface area (Å²) in [6.45, 7) is 6.17. The molecule has 146 valence electrons. The molecule has 2 heterocycles. The van der Waals surface area contributed by atoms with Crippen molar-refractivity contribution in [2.45, 2.75) is 39.0 Å². The number of anilines is 1. The average molecular weight is 418 g/mol. The van der Waals surface area contributed by atoms with E-state index in [9.17, 15) is 4.79 Å². The molecule has 1 N–H and O–H groups in total. The fourth-order valence-electron chi connectivity index (χ4n) is 2.57. The van der Waals surface area contributed by atoms with Crippen LogP contribution in [0.2, 0.25) is 10.0 Å². The van der Waals surface area contributed by atoms with E-state index in [4.69, 9.17) is 23.2 Å². The predicted molar refractivity (Wildman–Crippen MR) is 111 cm³/mol. The zero-order valence-electron chi connectivity index (χ0n) is 15.9. The van der Waals surface area contributed by atoms with Gasteiger partial charge in [-0.1, -0.05) is 50.0 Å². The summed E-state index contributed by atoms with van der Waals surface area (Å²) in [7, 11) is 0. The molecular weight excluding hydrogens is 397 g/mol. The molecule has 3 aromatic rings. The van der Waals surface area contributed by atoms with Crippen LogP contribution in [0.3, 0.4) is 0 Å². The molecule has 6 nitrogen and oxygen atoms in total. The van der Waals surface area contributed by atoms with Crippen LogP contribution in [0.5, 0.6) is 0 Å². The minimum Gasteiger partial charge on any atom is -0.310 e. The Morgan fingerprint density at radius 2 is 1.86 bits per heavy atom. The highest BCUT2D eigenvalue weighted by Crippen LogP contribution is 2.26. The number of hydrogen-bond donors (Lipinski definition) is 1. The lowest BCUT2D eigenvalue weighted by molar-refractivity contribution is -0.116. The van der Waals surface area contributed by atoms with Gasteiger partial charge in [0.25, 0.3) is 5.95 Å². The van der Waals surface area contributed by atoms with Gasteiger partial charge >= 0.3 is 0 Å². The lowest BCUT2D eigenvalue weighted by atomic mass is 9.92. The van der Waals surface area contributed by atoms with Gasteiger partial charge in [0, 0.05) is 40.3 Å². The summed E-state index contributed by atoms with van der Waals surface area (Å²) < 4.78 is 1.55. The largest absolute Gasteiger partial charge is 0.310 e.